The molecule has 1 aromatic rings. The fourth-order valence-corrected chi connectivity index (χ4v) is 2.39. The molecule has 5 nitrogen and oxygen atoms in total. The number of hydrogen-bond acceptors (Lipinski definition) is 5. The molecule has 18 heavy (non-hydrogen) atoms. The molecule has 0 saturated carbocycles. The van der Waals surface area contributed by atoms with Gasteiger partial charge in [0.1, 0.15) is 18.0 Å². The Morgan fingerprint density at radius 2 is 2.39 bits per heavy atom. The van der Waals surface area contributed by atoms with Crippen LogP contribution in [0.3, 0.4) is 0 Å². The van der Waals surface area contributed by atoms with Gasteiger partial charge in [0.15, 0.2) is 0 Å². The number of nitrogens with one attached hydrogen (secondary N) is 2. The average molecular weight is 249 g/mol. The zero-order valence-corrected chi connectivity index (χ0v) is 11.3. The van der Waals surface area contributed by atoms with Crippen molar-refractivity contribution in [3.63, 3.8) is 0 Å². The number of anilines is 2. The van der Waals surface area contributed by atoms with Crippen molar-refractivity contribution >= 4 is 11.6 Å². The highest BCUT2D eigenvalue weighted by molar-refractivity contribution is 5.47. The lowest BCUT2D eigenvalue weighted by Gasteiger charge is -2.28. The van der Waals surface area contributed by atoms with Crippen LogP contribution >= 0.6 is 0 Å². The van der Waals surface area contributed by atoms with Gasteiger partial charge >= 0.3 is 0 Å². The Hall–Kier alpha value is -1.36. The maximum absolute atomic E-state index is 4.34. The Balaban J connectivity index is 1.94. The molecule has 1 aliphatic heterocycles. The SMILES string of the molecule is CCNc1cc(N(C)CC2CCCNC2)ncn1. The van der Waals surface area contributed by atoms with Crippen LogP contribution in [-0.4, -0.2) is 43.2 Å². The largest absolute Gasteiger partial charge is 0.370 e. The third kappa shape index (κ3) is 3.57. The highest BCUT2D eigenvalue weighted by Crippen LogP contribution is 2.17. The van der Waals surface area contributed by atoms with Crippen LogP contribution in [0.5, 0.6) is 0 Å². The van der Waals surface area contributed by atoms with E-state index in [2.05, 4.69) is 39.5 Å². The molecule has 100 valence electrons. The predicted molar refractivity (Wildman–Crippen MR) is 75.1 cm³/mol. The molecule has 0 bridgehead atoms. The Morgan fingerprint density at radius 3 is 3.11 bits per heavy atom. The first-order chi connectivity index (χ1) is 8.79. The van der Waals surface area contributed by atoms with E-state index in [0.29, 0.717) is 0 Å². The van der Waals surface area contributed by atoms with Crippen LogP contribution in [0, 0.1) is 5.92 Å². The van der Waals surface area contributed by atoms with Gasteiger partial charge in [-0.25, -0.2) is 9.97 Å². The van der Waals surface area contributed by atoms with Crippen molar-refractivity contribution in [3.8, 4) is 0 Å². The van der Waals surface area contributed by atoms with Crippen LogP contribution in [0.2, 0.25) is 0 Å². The molecule has 1 aromatic heterocycles. The van der Waals surface area contributed by atoms with Crippen LogP contribution in [0.25, 0.3) is 0 Å². The molecular weight excluding hydrogens is 226 g/mol. The van der Waals surface area contributed by atoms with Gasteiger partial charge in [-0.2, -0.15) is 0 Å². The fraction of sp³-hybridized carbons (Fsp3) is 0.692. The van der Waals surface area contributed by atoms with E-state index in [4.69, 9.17) is 0 Å². The van der Waals surface area contributed by atoms with Gasteiger partial charge in [0.05, 0.1) is 0 Å². The summed E-state index contributed by atoms with van der Waals surface area (Å²) < 4.78 is 0. The molecule has 1 saturated heterocycles. The minimum absolute atomic E-state index is 0.723. The van der Waals surface area contributed by atoms with Gasteiger partial charge in [0.25, 0.3) is 0 Å². The van der Waals surface area contributed by atoms with E-state index < -0.39 is 0 Å². The minimum Gasteiger partial charge on any atom is -0.370 e. The van der Waals surface area contributed by atoms with Crippen molar-refractivity contribution in [2.75, 3.05) is 43.4 Å². The lowest BCUT2D eigenvalue weighted by atomic mass is 9.99. The van der Waals surface area contributed by atoms with Crippen molar-refractivity contribution in [2.45, 2.75) is 19.8 Å². The first-order valence-electron chi connectivity index (χ1n) is 6.77. The summed E-state index contributed by atoms with van der Waals surface area (Å²) in [6.45, 7) is 6.29. The molecule has 1 aliphatic rings. The van der Waals surface area contributed by atoms with Gasteiger partial charge in [0, 0.05) is 26.2 Å². The van der Waals surface area contributed by atoms with Gasteiger partial charge in [-0.05, 0) is 38.8 Å². The first-order valence-corrected chi connectivity index (χ1v) is 6.77. The Kier molecular flexibility index (Phi) is 4.75. The molecule has 2 N–H and O–H groups in total. The molecule has 5 heteroatoms. The van der Waals surface area contributed by atoms with Crippen LogP contribution in [0.1, 0.15) is 19.8 Å². The molecule has 1 unspecified atom stereocenters. The van der Waals surface area contributed by atoms with E-state index >= 15 is 0 Å². The lowest BCUT2D eigenvalue weighted by molar-refractivity contribution is 0.380. The van der Waals surface area contributed by atoms with Crippen LogP contribution in [-0.2, 0) is 0 Å². The summed E-state index contributed by atoms with van der Waals surface area (Å²) in [5, 5.41) is 6.67. The third-order valence-corrected chi connectivity index (χ3v) is 3.33. The quantitative estimate of drug-likeness (QED) is 0.825. The average Bonchev–Trinajstić information content (AvgIpc) is 2.40. The first kappa shape index (κ1) is 13.1. The summed E-state index contributed by atoms with van der Waals surface area (Å²) in [6.07, 6.45) is 4.22. The normalized spacial score (nSPS) is 19.6. The van der Waals surface area contributed by atoms with Crippen molar-refractivity contribution in [2.24, 2.45) is 5.92 Å². The molecule has 1 fully saturated rings. The highest BCUT2D eigenvalue weighted by atomic mass is 15.2. The smallest absolute Gasteiger partial charge is 0.133 e. The van der Waals surface area contributed by atoms with E-state index in [1.807, 2.05) is 6.07 Å². The molecule has 0 radical (unpaired) electrons. The standard InChI is InChI=1S/C13H23N5/c1-3-15-12-7-13(17-10-16-12)18(2)9-11-5-4-6-14-8-11/h7,10-11,14H,3-6,8-9H2,1-2H3,(H,15,16,17). The molecule has 0 aromatic carbocycles. The second kappa shape index (κ2) is 6.54. The zero-order chi connectivity index (χ0) is 12.8. The van der Waals surface area contributed by atoms with Gasteiger partial charge in [-0.3, -0.25) is 0 Å². The van der Waals surface area contributed by atoms with Gasteiger partial charge in [-0.1, -0.05) is 0 Å². The van der Waals surface area contributed by atoms with Crippen molar-refractivity contribution in [1.29, 1.82) is 0 Å². The minimum atomic E-state index is 0.723. The molecular formula is C13H23N5. The van der Waals surface area contributed by atoms with E-state index in [1.54, 1.807) is 6.33 Å². The number of nitrogens with zero attached hydrogens (tertiary/aromatic N) is 3. The topological polar surface area (TPSA) is 53.1 Å². The Morgan fingerprint density at radius 1 is 1.50 bits per heavy atom. The summed E-state index contributed by atoms with van der Waals surface area (Å²) in [5.41, 5.74) is 0. The van der Waals surface area contributed by atoms with Gasteiger partial charge in [-0.15, -0.1) is 0 Å². The molecule has 0 spiro atoms. The lowest BCUT2D eigenvalue weighted by Crippen LogP contribution is -2.37. The van der Waals surface area contributed by atoms with E-state index in [0.717, 1.165) is 43.7 Å². The summed E-state index contributed by atoms with van der Waals surface area (Å²) in [7, 11) is 2.10. The fourth-order valence-electron chi connectivity index (χ4n) is 2.39. The van der Waals surface area contributed by atoms with Crippen LogP contribution < -0.4 is 15.5 Å². The number of aromatic nitrogens is 2. The number of hydrogen-bond donors (Lipinski definition) is 2. The molecule has 2 heterocycles. The number of rotatable bonds is 5. The second-order valence-electron chi connectivity index (χ2n) is 4.88. The summed E-state index contributed by atoms with van der Waals surface area (Å²) in [5.74, 6) is 2.61. The summed E-state index contributed by atoms with van der Waals surface area (Å²) in [4.78, 5) is 10.8. The second-order valence-corrected chi connectivity index (χ2v) is 4.88. The van der Waals surface area contributed by atoms with Crippen molar-refractivity contribution < 1.29 is 0 Å². The maximum atomic E-state index is 4.34. The molecule has 0 aliphatic carbocycles. The van der Waals surface area contributed by atoms with E-state index in [1.165, 1.54) is 12.8 Å². The molecule has 0 amide bonds. The Bertz CT molecular complexity index is 362. The van der Waals surface area contributed by atoms with Gasteiger partial charge in [0.2, 0.25) is 0 Å². The van der Waals surface area contributed by atoms with Gasteiger partial charge < -0.3 is 15.5 Å². The third-order valence-electron chi connectivity index (χ3n) is 3.33. The Labute approximate surface area is 109 Å². The number of piperidine rings is 1. The maximum Gasteiger partial charge on any atom is 0.133 e. The summed E-state index contributed by atoms with van der Waals surface area (Å²) in [6, 6.07) is 2.01. The molecule has 2 rings (SSSR count). The predicted octanol–water partition coefficient (Wildman–Crippen LogP) is 1.34. The van der Waals surface area contributed by atoms with Crippen molar-refractivity contribution in [3.05, 3.63) is 12.4 Å². The van der Waals surface area contributed by atoms with E-state index in [9.17, 15) is 0 Å². The zero-order valence-electron chi connectivity index (χ0n) is 11.3. The van der Waals surface area contributed by atoms with Crippen molar-refractivity contribution in [1.82, 2.24) is 15.3 Å². The highest BCUT2D eigenvalue weighted by Gasteiger charge is 2.15. The van der Waals surface area contributed by atoms with E-state index in [-0.39, 0.29) is 0 Å². The van der Waals surface area contributed by atoms with Crippen LogP contribution in [0.4, 0.5) is 11.6 Å². The molecule has 1 atom stereocenters. The van der Waals surface area contributed by atoms with Crippen LogP contribution in [0.15, 0.2) is 12.4 Å². The summed E-state index contributed by atoms with van der Waals surface area (Å²) >= 11 is 0. The monoisotopic (exact) mass is 249 g/mol.